The highest BCUT2D eigenvalue weighted by Crippen LogP contribution is 2.33. The van der Waals surface area contributed by atoms with Crippen LogP contribution < -0.4 is 19.9 Å². The lowest BCUT2D eigenvalue weighted by molar-refractivity contribution is -0.141. The summed E-state index contributed by atoms with van der Waals surface area (Å²) >= 11 is 0. The molecule has 1 saturated carbocycles. The first-order valence-corrected chi connectivity index (χ1v) is 12.5. The summed E-state index contributed by atoms with van der Waals surface area (Å²) in [4.78, 5) is 40.0. The molecule has 0 bridgehead atoms. The van der Waals surface area contributed by atoms with Crippen LogP contribution in [0.2, 0.25) is 0 Å². The maximum absolute atomic E-state index is 13.2. The summed E-state index contributed by atoms with van der Waals surface area (Å²) in [6.07, 6.45) is 1.60. The highest BCUT2D eigenvalue weighted by molar-refractivity contribution is 7.89. The highest BCUT2D eigenvalue weighted by Gasteiger charge is 2.37. The molecule has 0 radical (unpaired) electrons. The maximum atomic E-state index is 13.2. The van der Waals surface area contributed by atoms with Gasteiger partial charge in [0, 0.05) is 44.6 Å². The van der Waals surface area contributed by atoms with Crippen LogP contribution in [0, 0.1) is 5.92 Å². The van der Waals surface area contributed by atoms with Gasteiger partial charge in [0.05, 0.1) is 4.90 Å². The zero-order valence-electron chi connectivity index (χ0n) is 18.2. The number of benzene rings is 1. The van der Waals surface area contributed by atoms with Crippen LogP contribution in [-0.4, -0.2) is 81.4 Å². The van der Waals surface area contributed by atoms with Gasteiger partial charge in [-0.25, -0.2) is 8.42 Å². The van der Waals surface area contributed by atoms with Crippen LogP contribution in [0.4, 0.5) is 0 Å². The number of nitrogens with one attached hydrogen (secondary N) is 1. The van der Waals surface area contributed by atoms with E-state index in [1.807, 2.05) is 0 Å². The minimum atomic E-state index is -4.10. The summed E-state index contributed by atoms with van der Waals surface area (Å²) in [5.41, 5.74) is 5.24. The average Bonchev–Trinajstić information content (AvgIpc) is 3.66. The fourth-order valence-corrected chi connectivity index (χ4v) is 5.16. The number of fused-ring (bicyclic) bond motifs is 1. The van der Waals surface area contributed by atoms with Gasteiger partial charge in [-0.3, -0.25) is 14.4 Å². The molecule has 3 amide bonds. The second-order valence-corrected chi connectivity index (χ2v) is 10.1. The van der Waals surface area contributed by atoms with Crippen molar-refractivity contribution < 1.29 is 32.3 Å². The largest absolute Gasteiger partial charge is 0.486 e. The highest BCUT2D eigenvalue weighted by atomic mass is 32.2. The molecule has 1 aliphatic carbocycles. The van der Waals surface area contributed by atoms with Gasteiger partial charge < -0.3 is 25.0 Å². The Balaban J connectivity index is 1.45. The van der Waals surface area contributed by atoms with E-state index in [1.165, 1.54) is 23.1 Å². The molecule has 1 aromatic carbocycles. The number of amides is 3. The van der Waals surface area contributed by atoms with Crippen LogP contribution >= 0.6 is 0 Å². The van der Waals surface area contributed by atoms with E-state index < -0.39 is 27.9 Å². The van der Waals surface area contributed by atoms with Gasteiger partial charge in [-0.1, -0.05) is 0 Å². The van der Waals surface area contributed by atoms with Crippen molar-refractivity contribution in [2.75, 3.05) is 39.4 Å². The quantitative estimate of drug-likeness (QED) is 0.507. The lowest BCUT2D eigenvalue weighted by atomic mass is 10.1. The molecule has 12 heteroatoms. The molecule has 3 N–H and O–H groups in total. The number of hydrogen-bond acceptors (Lipinski definition) is 7. The lowest BCUT2D eigenvalue weighted by Crippen LogP contribution is -2.56. The van der Waals surface area contributed by atoms with Gasteiger partial charge in [-0.2, -0.15) is 4.72 Å². The van der Waals surface area contributed by atoms with Crippen molar-refractivity contribution >= 4 is 27.7 Å². The Labute approximate surface area is 192 Å². The first kappa shape index (κ1) is 23.3. The van der Waals surface area contributed by atoms with Crippen molar-refractivity contribution in [2.24, 2.45) is 11.7 Å². The first-order chi connectivity index (χ1) is 15.7. The van der Waals surface area contributed by atoms with Crippen molar-refractivity contribution in [3.63, 3.8) is 0 Å². The molecule has 2 heterocycles. The molecular weight excluding hydrogens is 452 g/mol. The van der Waals surface area contributed by atoms with Crippen LogP contribution in [0.1, 0.15) is 25.7 Å². The number of carbonyl (C=O) groups excluding carboxylic acids is 3. The third-order valence-electron chi connectivity index (χ3n) is 5.93. The fourth-order valence-electron chi connectivity index (χ4n) is 3.92. The van der Waals surface area contributed by atoms with E-state index in [-0.39, 0.29) is 29.6 Å². The Hall–Kier alpha value is -2.86. The molecule has 3 aliphatic rings. The predicted molar refractivity (Wildman–Crippen MR) is 116 cm³/mol. The molecular formula is C21H28N4O7S. The number of carbonyl (C=O) groups is 3. The van der Waals surface area contributed by atoms with E-state index >= 15 is 0 Å². The summed E-state index contributed by atoms with van der Waals surface area (Å²) in [7, 11) is -4.10. The summed E-state index contributed by atoms with van der Waals surface area (Å²) in [5.74, 6) is -0.108. The molecule has 1 aromatic rings. The normalized spacial score (nSPS) is 19.2. The minimum Gasteiger partial charge on any atom is -0.486 e. The average molecular weight is 481 g/mol. The van der Waals surface area contributed by atoms with Crippen molar-refractivity contribution in [3.05, 3.63) is 18.2 Å². The third kappa shape index (κ3) is 5.56. The molecule has 180 valence electrons. The molecule has 2 fully saturated rings. The van der Waals surface area contributed by atoms with Crippen LogP contribution in [0.3, 0.4) is 0 Å². The van der Waals surface area contributed by atoms with E-state index in [1.54, 1.807) is 4.90 Å². The second-order valence-electron chi connectivity index (χ2n) is 8.41. The first-order valence-electron chi connectivity index (χ1n) is 11.0. The topological polar surface area (TPSA) is 148 Å². The van der Waals surface area contributed by atoms with Crippen LogP contribution in [0.5, 0.6) is 11.5 Å². The van der Waals surface area contributed by atoms with Crippen LogP contribution in [-0.2, 0) is 24.4 Å². The van der Waals surface area contributed by atoms with Crippen LogP contribution in [0.25, 0.3) is 0 Å². The Bertz CT molecular complexity index is 1030. The molecule has 0 aromatic heterocycles. The van der Waals surface area contributed by atoms with E-state index in [0.717, 1.165) is 12.8 Å². The number of sulfonamides is 1. The Morgan fingerprint density at radius 1 is 1.03 bits per heavy atom. The van der Waals surface area contributed by atoms with Gasteiger partial charge in [-0.05, 0) is 31.4 Å². The van der Waals surface area contributed by atoms with Gasteiger partial charge in [0.1, 0.15) is 19.3 Å². The standard InChI is InChI=1S/C21H28N4O7S/c22-19(26)6-4-16(21(28)25-9-7-24(8-10-25)20(27)14-1-2-14)23-33(29,30)15-3-5-17-18(13-15)32-12-11-31-17/h3,5,13-14,16,23H,1-2,4,6-12H2,(H2,22,26)/t16-/m0/s1. The van der Waals surface area contributed by atoms with Gasteiger partial charge in [0.25, 0.3) is 0 Å². The number of piperazine rings is 1. The zero-order chi connectivity index (χ0) is 23.6. The Morgan fingerprint density at radius 2 is 1.67 bits per heavy atom. The van der Waals surface area contributed by atoms with Crippen LogP contribution in [0.15, 0.2) is 23.1 Å². The number of ether oxygens (including phenoxy) is 2. The summed E-state index contributed by atoms with van der Waals surface area (Å²) in [6.45, 7) is 2.09. The zero-order valence-corrected chi connectivity index (χ0v) is 19.0. The molecule has 2 aliphatic heterocycles. The van der Waals surface area contributed by atoms with E-state index in [2.05, 4.69) is 4.72 Å². The lowest BCUT2D eigenvalue weighted by Gasteiger charge is -2.36. The molecule has 4 rings (SSSR count). The number of nitrogens with two attached hydrogens (primary N) is 1. The van der Waals surface area contributed by atoms with Gasteiger partial charge in [0.15, 0.2) is 11.5 Å². The molecule has 0 unspecified atom stereocenters. The van der Waals surface area contributed by atoms with Gasteiger partial charge >= 0.3 is 0 Å². The van der Waals surface area contributed by atoms with E-state index in [0.29, 0.717) is 50.9 Å². The number of rotatable bonds is 8. The maximum Gasteiger partial charge on any atom is 0.241 e. The molecule has 11 nitrogen and oxygen atoms in total. The molecule has 0 spiro atoms. The monoisotopic (exact) mass is 480 g/mol. The van der Waals surface area contributed by atoms with Crippen molar-refractivity contribution in [3.8, 4) is 11.5 Å². The molecule has 33 heavy (non-hydrogen) atoms. The van der Waals surface area contributed by atoms with E-state index in [4.69, 9.17) is 15.2 Å². The summed E-state index contributed by atoms with van der Waals surface area (Å²) < 4.78 is 39.4. The molecule has 1 atom stereocenters. The summed E-state index contributed by atoms with van der Waals surface area (Å²) in [6, 6.07) is 3.04. The van der Waals surface area contributed by atoms with E-state index in [9.17, 15) is 22.8 Å². The van der Waals surface area contributed by atoms with Crippen molar-refractivity contribution in [1.29, 1.82) is 0 Å². The second kappa shape index (κ2) is 9.56. The SMILES string of the molecule is NC(=O)CC[C@H](NS(=O)(=O)c1ccc2c(c1)OCCO2)C(=O)N1CCN(C(=O)C2CC2)CC1. The minimum absolute atomic E-state index is 0.0703. The Kier molecular flexibility index (Phi) is 6.75. The van der Waals surface area contributed by atoms with Crippen molar-refractivity contribution in [1.82, 2.24) is 14.5 Å². The van der Waals surface area contributed by atoms with Crippen molar-refractivity contribution in [2.45, 2.75) is 36.6 Å². The summed E-state index contributed by atoms with van der Waals surface area (Å²) in [5, 5.41) is 0. The number of primary amides is 1. The molecule has 1 saturated heterocycles. The Morgan fingerprint density at radius 3 is 2.30 bits per heavy atom. The number of nitrogens with zero attached hydrogens (tertiary/aromatic N) is 2. The predicted octanol–water partition coefficient (Wildman–Crippen LogP) is -0.549. The smallest absolute Gasteiger partial charge is 0.241 e. The fraction of sp³-hybridized carbons (Fsp3) is 0.571. The third-order valence-corrected chi connectivity index (χ3v) is 7.40. The number of hydrogen-bond donors (Lipinski definition) is 2. The van der Waals surface area contributed by atoms with Gasteiger partial charge in [-0.15, -0.1) is 0 Å². The van der Waals surface area contributed by atoms with Gasteiger partial charge in [0.2, 0.25) is 27.7 Å².